The number of nitro benzene ring substituents is 1. The molecule has 25 heavy (non-hydrogen) atoms. The lowest BCUT2D eigenvalue weighted by atomic mass is 10.2. The van der Waals surface area contributed by atoms with Gasteiger partial charge in [0.25, 0.3) is 11.6 Å². The third-order valence-corrected chi connectivity index (χ3v) is 3.27. The van der Waals surface area contributed by atoms with Crippen LogP contribution in [0.4, 0.5) is 5.69 Å². The molecule has 0 saturated heterocycles. The molecule has 1 N–H and O–H groups in total. The van der Waals surface area contributed by atoms with Gasteiger partial charge >= 0.3 is 0 Å². The predicted molar refractivity (Wildman–Crippen MR) is 92.1 cm³/mol. The van der Waals surface area contributed by atoms with Crippen molar-refractivity contribution in [1.82, 2.24) is 5.43 Å². The molecular formula is C17H17N3O5. The van der Waals surface area contributed by atoms with E-state index in [1.54, 1.807) is 6.07 Å². The first-order chi connectivity index (χ1) is 12.0. The van der Waals surface area contributed by atoms with Gasteiger partial charge in [-0.2, -0.15) is 5.10 Å². The van der Waals surface area contributed by atoms with Crippen LogP contribution < -0.4 is 14.9 Å². The molecule has 0 saturated carbocycles. The highest BCUT2D eigenvalue weighted by atomic mass is 16.6. The number of hydrazone groups is 1. The van der Waals surface area contributed by atoms with E-state index in [-0.39, 0.29) is 12.3 Å². The Balaban J connectivity index is 1.96. The zero-order valence-electron chi connectivity index (χ0n) is 13.8. The fourth-order valence-electron chi connectivity index (χ4n) is 2.00. The number of nitrogens with zero attached hydrogens (tertiary/aromatic N) is 2. The van der Waals surface area contributed by atoms with Gasteiger partial charge in [-0.25, -0.2) is 5.43 Å². The Bertz CT molecular complexity index is 805. The number of aryl methyl sites for hydroxylation is 1. The molecule has 0 heterocycles. The number of methoxy groups -OCH3 is 1. The van der Waals surface area contributed by atoms with Crippen LogP contribution in [0, 0.1) is 17.0 Å². The summed E-state index contributed by atoms with van der Waals surface area (Å²) >= 11 is 0. The number of carbonyl (C=O) groups is 1. The minimum atomic E-state index is -0.522. The number of carbonyl (C=O) groups excluding carboxylic acids is 1. The van der Waals surface area contributed by atoms with Crippen LogP contribution in [0.2, 0.25) is 0 Å². The standard InChI is InChI=1S/C17H17N3O5/c1-12-5-3-4-6-15(12)25-11-17(21)19-18-10-13-9-14(20(22)23)7-8-16(13)24-2/h3-10H,11H2,1-2H3,(H,19,21)/b18-10+. The molecule has 2 aromatic carbocycles. The van der Waals surface area contributed by atoms with Crippen LogP contribution in [0.1, 0.15) is 11.1 Å². The van der Waals surface area contributed by atoms with Crippen molar-refractivity contribution in [3.8, 4) is 11.5 Å². The maximum absolute atomic E-state index is 11.8. The number of nitrogens with one attached hydrogen (secondary N) is 1. The summed E-state index contributed by atoms with van der Waals surface area (Å²) in [5, 5.41) is 14.6. The number of amides is 1. The van der Waals surface area contributed by atoms with Crippen molar-refractivity contribution in [2.45, 2.75) is 6.92 Å². The van der Waals surface area contributed by atoms with Crippen LogP contribution >= 0.6 is 0 Å². The minimum Gasteiger partial charge on any atom is -0.496 e. The van der Waals surface area contributed by atoms with Gasteiger partial charge < -0.3 is 9.47 Å². The summed E-state index contributed by atoms with van der Waals surface area (Å²) in [6, 6.07) is 11.4. The first-order valence-electron chi connectivity index (χ1n) is 7.34. The molecular weight excluding hydrogens is 326 g/mol. The van der Waals surface area contributed by atoms with Crippen molar-refractivity contribution in [3.05, 3.63) is 63.7 Å². The highest BCUT2D eigenvalue weighted by Crippen LogP contribution is 2.22. The number of hydrogen-bond acceptors (Lipinski definition) is 6. The Kier molecular flexibility index (Phi) is 6.05. The number of para-hydroxylation sites is 1. The van der Waals surface area contributed by atoms with Gasteiger partial charge in [0.2, 0.25) is 0 Å². The minimum absolute atomic E-state index is 0.100. The summed E-state index contributed by atoms with van der Waals surface area (Å²) in [5.41, 5.74) is 3.49. The molecule has 0 aliphatic heterocycles. The van der Waals surface area contributed by atoms with Gasteiger partial charge in [0.15, 0.2) is 6.61 Å². The second-order valence-electron chi connectivity index (χ2n) is 5.03. The largest absolute Gasteiger partial charge is 0.496 e. The highest BCUT2D eigenvalue weighted by molar-refractivity contribution is 5.86. The Morgan fingerprint density at radius 2 is 2.04 bits per heavy atom. The molecule has 8 nitrogen and oxygen atoms in total. The Labute approximate surface area is 144 Å². The van der Waals surface area contributed by atoms with E-state index < -0.39 is 10.8 Å². The predicted octanol–water partition coefficient (Wildman–Crippen LogP) is 2.44. The number of nitro groups is 1. The van der Waals surface area contributed by atoms with E-state index in [4.69, 9.17) is 9.47 Å². The lowest BCUT2D eigenvalue weighted by Crippen LogP contribution is -2.24. The Morgan fingerprint density at radius 1 is 1.28 bits per heavy atom. The summed E-state index contributed by atoms with van der Waals surface area (Å²) in [4.78, 5) is 22.1. The van der Waals surface area contributed by atoms with E-state index in [0.717, 1.165) is 5.56 Å². The third kappa shape index (κ3) is 5.03. The van der Waals surface area contributed by atoms with Crippen molar-refractivity contribution < 1.29 is 19.2 Å². The molecule has 0 atom stereocenters. The van der Waals surface area contributed by atoms with Gasteiger partial charge in [-0.3, -0.25) is 14.9 Å². The highest BCUT2D eigenvalue weighted by Gasteiger charge is 2.10. The molecule has 0 radical (unpaired) electrons. The topological polar surface area (TPSA) is 103 Å². The van der Waals surface area contributed by atoms with E-state index in [0.29, 0.717) is 17.1 Å². The molecule has 0 fully saturated rings. The summed E-state index contributed by atoms with van der Waals surface area (Å²) in [6.45, 7) is 1.67. The number of hydrogen-bond donors (Lipinski definition) is 1. The SMILES string of the molecule is COc1ccc([N+](=O)[O-])cc1/C=N/NC(=O)COc1ccccc1C. The van der Waals surface area contributed by atoms with Crippen molar-refractivity contribution in [2.75, 3.05) is 13.7 Å². The molecule has 0 aliphatic carbocycles. The van der Waals surface area contributed by atoms with Crippen molar-refractivity contribution >= 4 is 17.8 Å². The average Bonchev–Trinajstić information content (AvgIpc) is 2.61. The zero-order chi connectivity index (χ0) is 18.2. The van der Waals surface area contributed by atoms with Crippen molar-refractivity contribution in [2.24, 2.45) is 5.10 Å². The molecule has 2 rings (SSSR count). The van der Waals surface area contributed by atoms with Crippen LogP contribution in [0.5, 0.6) is 11.5 Å². The second-order valence-corrected chi connectivity index (χ2v) is 5.03. The lowest BCUT2D eigenvalue weighted by molar-refractivity contribution is -0.384. The normalized spacial score (nSPS) is 10.5. The lowest BCUT2D eigenvalue weighted by Gasteiger charge is -2.07. The molecule has 0 unspecified atom stereocenters. The van der Waals surface area contributed by atoms with Crippen LogP contribution in [0.3, 0.4) is 0 Å². The average molecular weight is 343 g/mol. The van der Waals surface area contributed by atoms with E-state index in [1.807, 2.05) is 25.1 Å². The molecule has 0 bridgehead atoms. The fraction of sp³-hybridized carbons (Fsp3) is 0.176. The molecule has 0 aromatic heterocycles. The smallest absolute Gasteiger partial charge is 0.277 e. The number of rotatable bonds is 7. The number of ether oxygens (including phenoxy) is 2. The van der Waals surface area contributed by atoms with Gasteiger partial charge in [-0.15, -0.1) is 0 Å². The van der Waals surface area contributed by atoms with Gasteiger partial charge in [0, 0.05) is 17.7 Å². The first-order valence-corrected chi connectivity index (χ1v) is 7.34. The third-order valence-electron chi connectivity index (χ3n) is 3.27. The quantitative estimate of drug-likeness (QED) is 0.472. The second kappa shape index (κ2) is 8.44. The summed E-state index contributed by atoms with van der Waals surface area (Å²) < 4.78 is 10.5. The monoisotopic (exact) mass is 343 g/mol. The zero-order valence-corrected chi connectivity index (χ0v) is 13.8. The van der Waals surface area contributed by atoms with Crippen LogP contribution in [0.25, 0.3) is 0 Å². The summed E-state index contributed by atoms with van der Waals surface area (Å²) in [5.74, 6) is 0.561. The van der Waals surface area contributed by atoms with E-state index >= 15 is 0 Å². The molecule has 130 valence electrons. The van der Waals surface area contributed by atoms with Gasteiger partial charge in [-0.1, -0.05) is 18.2 Å². The van der Waals surface area contributed by atoms with Crippen LogP contribution in [-0.2, 0) is 4.79 Å². The van der Waals surface area contributed by atoms with E-state index in [9.17, 15) is 14.9 Å². The summed E-state index contributed by atoms with van der Waals surface area (Å²) in [6.07, 6.45) is 1.28. The Hall–Kier alpha value is -3.42. The van der Waals surface area contributed by atoms with Crippen LogP contribution in [0.15, 0.2) is 47.6 Å². The molecule has 8 heteroatoms. The van der Waals surface area contributed by atoms with Gasteiger partial charge in [0.05, 0.1) is 18.2 Å². The molecule has 2 aromatic rings. The molecule has 0 spiro atoms. The Morgan fingerprint density at radius 3 is 2.72 bits per heavy atom. The number of non-ortho nitro benzene ring substituents is 1. The van der Waals surface area contributed by atoms with Gasteiger partial charge in [-0.05, 0) is 24.6 Å². The van der Waals surface area contributed by atoms with E-state index in [2.05, 4.69) is 10.5 Å². The van der Waals surface area contributed by atoms with E-state index in [1.165, 1.54) is 31.5 Å². The molecule has 1 amide bonds. The van der Waals surface area contributed by atoms with Crippen molar-refractivity contribution in [3.63, 3.8) is 0 Å². The number of benzene rings is 2. The first kappa shape index (κ1) is 17.9. The molecule has 0 aliphatic rings. The maximum atomic E-state index is 11.8. The fourth-order valence-corrected chi connectivity index (χ4v) is 2.00. The van der Waals surface area contributed by atoms with Crippen LogP contribution in [-0.4, -0.2) is 30.8 Å². The van der Waals surface area contributed by atoms with Crippen molar-refractivity contribution in [1.29, 1.82) is 0 Å². The van der Waals surface area contributed by atoms with Gasteiger partial charge in [0.1, 0.15) is 11.5 Å². The summed E-state index contributed by atoms with van der Waals surface area (Å²) in [7, 11) is 1.44. The maximum Gasteiger partial charge on any atom is 0.277 e.